The van der Waals surface area contributed by atoms with Crippen LogP contribution in [0.2, 0.25) is 0 Å². The molecule has 1 heterocycles. The molecule has 0 aliphatic carbocycles. The van der Waals surface area contributed by atoms with E-state index in [1.807, 2.05) is 6.92 Å². The molecular weight excluding hydrogens is 200 g/mol. The Labute approximate surface area is 97.4 Å². The van der Waals surface area contributed by atoms with Crippen LogP contribution in [0.1, 0.15) is 12.5 Å². The summed E-state index contributed by atoms with van der Waals surface area (Å²) in [6.45, 7) is 9.23. The Morgan fingerprint density at radius 2 is 2.06 bits per heavy atom. The summed E-state index contributed by atoms with van der Waals surface area (Å²) in [7, 11) is 0. The van der Waals surface area contributed by atoms with Crippen LogP contribution >= 0.6 is 0 Å². The van der Waals surface area contributed by atoms with Crippen LogP contribution in [0, 0.1) is 6.92 Å². The first kappa shape index (κ1) is 11.3. The summed E-state index contributed by atoms with van der Waals surface area (Å²) in [6.07, 6.45) is 0. The van der Waals surface area contributed by atoms with Crippen molar-refractivity contribution < 1.29 is 4.74 Å². The zero-order chi connectivity index (χ0) is 11.4. The Bertz CT molecular complexity index is 346. The molecule has 0 saturated carbocycles. The minimum Gasteiger partial charge on any atom is -0.494 e. The van der Waals surface area contributed by atoms with E-state index in [9.17, 15) is 0 Å². The first-order chi connectivity index (χ1) is 7.81. The predicted octanol–water partition coefficient (Wildman–Crippen LogP) is 1.80. The zero-order valence-electron chi connectivity index (χ0n) is 10.1. The van der Waals surface area contributed by atoms with Crippen LogP contribution in [0.4, 0.5) is 5.69 Å². The fourth-order valence-electron chi connectivity index (χ4n) is 2.14. The minimum atomic E-state index is 0.729. The molecule has 0 aromatic heterocycles. The Hall–Kier alpha value is -1.22. The monoisotopic (exact) mass is 220 g/mol. The number of nitrogens with one attached hydrogen (secondary N) is 1. The predicted molar refractivity (Wildman–Crippen MR) is 67.4 cm³/mol. The summed E-state index contributed by atoms with van der Waals surface area (Å²) < 4.78 is 5.50. The first-order valence-corrected chi connectivity index (χ1v) is 6.00. The molecular formula is C13H20N2O. The van der Waals surface area contributed by atoms with Crippen molar-refractivity contribution in [1.82, 2.24) is 5.32 Å². The second kappa shape index (κ2) is 5.21. The van der Waals surface area contributed by atoms with Gasteiger partial charge in [0.1, 0.15) is 5.75 Å². The van der Waals surface area contributed by atoms with Crippen LogP contribution in [0.5, 0.6) is 5.75 Å². The van der Waals surface area contributed by atoms with Crippen LogP contribution in [0.15, 0.2) is 18.2 Å². The number of nitrogens with zero attached hydrogens (tertiary/aromatic N) is 1. The Morgan fingerprint density at radius 1 is 1.31 bits per heavy atom. The second-order valence-electron chi connectivity index (χ2n) is 4.12. The van der Waals surface area contributed by atoms with Gasteiger partial charge in [0.25, 0.3) is 0 Å². The molecule has 1 aromatic carbocycles. The van der Waals surface area contributed by atoms with Gasteiger partial charge in [0.2, 0.25) is 0 Å². The van der Waals surface area contributed by atoms with Crippen LogP contribution in [0.25, 0.3) is 0 Å². The van der Waals surface area contributed by atoms with Crippen molar-refractivity contribution in [2.24, 2.45) is 0 Å². The lowest BCUT2D eigenvalue weighted by Gasteiger charge is -2.30. The smallest absolute Gasteiger partial charge is 0.119 e. The lowest BCUT2D eigenvalue weighted by atomic mass is 10.1. The highest BCUT2D eigenvalue weighted by Gasteiger charge is 2.12. The number of piperazine rings is 1. The van der Waals surface area contributed by atoms with E-state index in [1.54, 1.807) is 0 Å². The van der Waals surface area contributed by atoms with E-state index >= 15 is 0 Å². The van der Waals surface area contributed by atoms with Gasteiger partial charge in [0.15, 0.2) is 0 Å². The molecule has 1 saturated heterocycles. The van der Waals surface area contributed by atoms with Crippen molar-refractivity contribution in [3.05, 3.63) is 23.8 Å². The maximum absolute atomic E-state index is 5.50. The lowest BCUT2D eigenvalue weighted by Crippen LogP contribution is -2.43. The zero-order valence-corrected chi connectivity index (χ0v) is 10.1. The van der Waals surface area contributed by atoms with Gasteiger partial charge >= 0.3 is 0 Å². The van der Waals surface area contributed by atoms with E-state index in [1.165, 1.54) is 11.3 Å². The van der Waals surface area contributed by atoms with E-state index in [-0.39, 0.29) is 0 Å². The largest absolute Gasteiger partial charge is 0.494 e. The molecule has 0 bridgehead atoms. The number of anilines is 1. The third kappa shape index (κ3) is 2.47. The van der Waals surface area contributed by atoms with Gasteiger partial charge in [-0.2, -0.15) is 0 Å². The molecule has 1 aliphatic rings. The Kier molecular flexibility index (Phi) is 3.67. The van der Waals surface area contributed by atoms with Crippen LogP contribution in [-0.2, 0) is 0 Å². The molecule has 0 amide bonds. The number of hydrogen-bond acceptors (Lipinski definition) is 3. The fourth-order valence-corrected chi connectivity index (χ4v) is 2.14. The molecule has 3 heteroatoms. The standard InChI is InChI=1S/C13H20N2O/c1-3-16-12-4-5-13(11(2)10-12)15-8-6-14-7-9-15/h4-5,10,14H,3,6-9H2,1-2H3. The Morgan fingerprint density at radius 3 is 2.69 bits per heavy atom. The normalized spacial score (nSPS) is 16.2. The van der Waals surface area contributed by atoms with Crippen LogP contribution in [-0.4, -0.2) is 32.8 Å². The lowest BCUT2D eigenvalue weighted by molar-refractivity contribution is 0.340. The second-order valence-corrected chi connectivity index (χ2v) is 4.12. The van der Waals surface area contributed by atoms with Crippen LogP contribution in [0.3, 0.4) is 0 Å². The molecule has 2 rings (SSSR count). The molecule has 1 aliphatic heterocycles. The SMILES string of the molecule is CCOc1ccc(N2CCNCC2)c(C)c1. The number of ether oxygens (including phenoxy) is 1. The van der Waals surface area contributed by atoms with Crippen molar-refractivity contribution in [3.63, 3.8) is 0 Å². The summed E-state index contributed by atoms with van der Waals surface area (Å²) in [5.41, 5.74) is 2.64. The van der Waals surface area contributed by atoms with E-state index in [2.05, 4.69) is 35.3 Å². The quantitative estimate of drug-likeness (QED) is 0.840. The maximum atomic E-state index is 5.50. The van der Waals surface area contributed by atoms with E-state index in [0.29, 0.717) is 0 Å². The topological polar surface area (TPSA) is 24.5 Å². The van der Waals surface area contributed by atoms with Gasteiger partial charge in [-0.15, -0.1) is 0 Å². The van der Waals surface area contributed by atoms with E-state index in [4.69, 9.17) is 4.74 Å². The van der Waals surface area contributed by atoms with Crippen LogP contribution < -0.4 is 15.0 Å². The molecule has 0 unspecified atom stereocenters. The first-order valence-electron chi connectivity index (χ1n) is 6.00. The van der Waals surface area contributed by atoms with E-state index in [0.717, 1.165) is 38.5 Å². The molecule has 16 heavy (non-hydrogen) atoms. The summed E-state index contributed by atoms with van der Waals surface area (Å²) in [5.74, 6) is 0.971. The third-order valence-corrected chi connectivity index (χ3v) is 2.94. The fraction of sp³-hybridized carbons (Fsp3) is 0.538. The van der Waals surface area contributed by atoms with Crippen molar-refractivity contribution in [3.8, 4) is 5.75 Å². The van der Waals surface area contributed by atoms with Crippen molar-refractivity contribution >= 4 is 5.69 Å². The molecule has 0 spiro atoms. The minimum absolute atomic E-state index is 0.729. The average Bonchev–Trinajstić information content (AvgIpc) is 2.31. The molecule has 3 nitrogen and oxygen atoms in total. The number of hydrogen-bond donors (Lipinski definition) is 1. The van der Waals surface area contributed by atoms with Gasteiger partial charge in [-0.3, -0.25) is 0 Å². The highest BCUT2D eigenvalue weighted by atomic mass is 16.5. The summed E-state index contributed by atoms with van der Waals surface area (Å²) in [6, 6.07) is 6.36. The Balaban J connectivity index is 2.14. The van der Waals surface area contributed by atoms with Gasteiger partial charge in [-0.1, -0.05) is 0 Å². The highest BCUT2D eigenvalue weighted by molar-refractivity contribution is 5.56. The van der Waals surface area contributed by atoms with Gasteiger partial charge in [-0.05, 0) is 37.6 Å². The third-order valence-electron chi connectivity index (χ3n) is 2.94. The summed E-state index contributed by atoms with van der Waals surface area (Å²) in [5, 5.41) is 3.37. The maximum Gasteiger partial charge on any atom is 0.119 e. The van der Waals surface area contributed by atoms with Gasteiger partial charge < -0.3 is 15.0 Å². The van der Waals surface area contributed by atoms with E-state index < -0.39 is 0 Å². The number of benzene rings is 1. The number of rotatable bonds is 3. The molecule has 1 aromatic rings. The highest BCUT2D eigenvalue weighted by Crippen LogP contribution is 2.25. The molecule has 1 fully saturated rings. The van der Waals surface area contributed by atoms with Crippen molar-refractivity contribution in [1.29, 1.82) is 0 Å². The van der Waals surface area contributed by atoms with Crippen molar-refractivity contribution in [2.75, 3.05) is 37.7 Å². The summed E-state index contributed by atoms with van der Waals surface area (Å²) in [4.78, 5) is 2.43. The molecule has 88 valence electrons. The molecule has 0 radical (unpaired) electrons. The molecule has 1 N–H and O–H groups in total. The molecule has 0 atom stereocenters. The van der Waals surface area contributed by atoms with Gasteiger partial charge in [0.05, 0.1) is 6.61 Å². The average molecular weight is 220 g/mol. The number of aryl methyl sites for hydroxylation is 1. The van der Waals surface area contributed by atoms with Crippen molar-refractivity contribution in [2.45, 2.75) is 13.8 Å². The van der Waals surface area contributed by atoms with Gasteiger partial charge in [0, 0.05) is 31.9 Å². The summed E-state index contributed by atoms with van der Waals surface area (Å²) >= 11 is 0. The van der Waals surface area contributed by atoms with Gasteiger partial charge in [-0.25, -0.2) is 0 Å².